The molecule has 1 aromatic carbocycles. The second kappa shape index (κ2) is 9.09. The Labute approximate surface area is 154 Å². The van der Waals surface area contributed by atoms with Crippen molar-refractivity contribution in [1.82, 2.24) is 4.90 Å². The summed E-state index contributed by atoms with van der Waals surface area (Å²) in [6.07, 6.45) is 2.87. The Hall–Kier alpha value is -1.75. The van der Waals surface area contributed by atoms with Crippen molar-refractivity contribution in [1.29, 1.82) is 0 Å². The summed E-state index contributed by atoms with van der Waals surface area (Å²) >= 11 is 6.30. The lowest BCUT2D eigenvalue weighted by molar-refractivity contribution is -0.149. The molecular weight excluding hydrogens is 340 g/mol. The molecule has 2 amide bonds. The number of halogens is 1. The molecule has 25 heavy (non-hydrogen) atoms. The van der Waals surface area contributed by atoms with Gasteiger partial charge in [-0.05, 0) is 49.8 Å². The molecule has 1 aliphatic rings. The summed E-state index contributed by atoms with van der Waals surface area (Å²) in [4.78, 5) is 26.2. The summed E-state index contributed by atoms with van der Waals surface area (Å²) in [5.41, 5.74) is 2.88. The van der Waals surface area contributed by atoms with Crippen LogP contribution in [0.3, 0.4) is 0 Å². The average molecular weight is 367 g/mol. The van der Waals surface area contributed by atoms with Crippen molar-refractivity contribution in [2.45, 2.75) is 46.5 Å². The van der Waals surface area contributed by atoms with Crippen LogP contribution in [-0.4, -0.2) is 36.6 Å². The van der Waals surface area contributed by atoms with Crippen LogP contribution in [0.5, 0.6) is 0 Å². The SMILES string of the molecule is CCOC(=O)C1CCN(C(=O)Nc2c(CC)ccc(Cl)c2CC)CC1. The zero-order chi connectivity index (χ0) is 18.4. The molecule has 0 unspecified atom stereocenters. The molecule has 0 atom stereocenters. The van der Waals surface area contributed by atoms with Crippen LogP contribution >= 0.6 is 11.6 Å². The van der Waals surface area contributed by atoms with Crippen molar-refractivity contribution >= 4 is 29.3 Å². The first-order valence-electron chi connectivity index (χ1n) is 9.04. The average Bonchev–Trinajstić information content (AvgIpc) is 2.62. The second-order valence-corrected chi connectivity index (χ2v) is 6.62. The van der Waals surface area contributed by atoms with Crippen LogP contribution in [0.4, 0.5) is 10.5 Å². The van der Waals surface area contributed by atoms with Gasteiger partial charge in [0.15, 0.2) is 0 Å². The van der Waals surface area contributed by atoms with Crippen LogP contribution < -0.4 is 5.32 Å². The number of amides is 2. The van der Waals surface area contributed by atoms with E-state index < -0.39 is 0 Å². The lowest BCUT2D eigenvalue weighted by Crippen LogP contribution is -2.43. The zero-order valence-electron chi connectivity index (χ0n) is 15.2. The van der Waals surface area contributed by atoms with Crippen molar-refractivity contribution in [3.8, 4) is 0 Å². The number of esters is 1. The van der Waals surface area contributed by atoms with Gasteiger partial charge in [0.1, 0.15) is 0 Å². The predicted octanol–water partition coefficient (Wildman–Crippen LogP) is 4.27. The first kappa shape index (κ1) is 19.6. The summed E-state index contributed by atoms with van der Waals surface area (Å²) in [6.45, 7) is 7.40. The Morgan fingerprint density at radius 3 is 2.44 bits per heavy atom. The fourth-order valence-corrected chi connectivity index (χ4v) is 3.52. The third kappa shape index (κ3) is 4.66. The maximum atomic E-state index is 12.7. The van der Waals surface area contributed by atoms with Gasteiger partial charge in [-0.2, -0.15) is 0 Å². The van der Waals surface area contributed by atoms with Gasteiger partial charge < -0.3 is 15.0 Å². The van der Waals surface area contributed by atoms with E-state index in [1.165, 1.54) is 0 Å². The molecule has 2 rings (SSSR count). The van der Waals surface area contributed by atoms with E-state index in [2.05, 4.69) is 12.2 Å². The Morgan fingerprint density at radius 2 is 1.88 bits per heavy atom. The molecule has 0 spiro atoms. The van der Waals surface area contributed by atoms with Gasteiger partial charge in [0.2, 0.25) is 0 Å². The van der Waals surface area contributed by atoms with E-state index in [0.29, 0.717) is 37.6 Å². The van der Waals surface area contributed by atoms with Crippen LogP contribution in [0, 0.1) is 5.92 Å². The maximum Gasteiger partial charge on any atom is 0.321 e. The summed E-state index contributed by atoms with van der Waals surface area (Å²) in [5.74, 6) is -0.258. The number of carbonyl (C=O) groups excluding carboxylic acids is 2. The van der Waals surface area contributed by atoms with E-state index in [-0.39, 0.29) is 17.9 Å². The third-order valence-electron chi connectivity index (χ3n) is 4.71. The van der Waals surface area contributed by atoms with E-state index in [1.54, 1.807) is 4.90 Å². The highest BCUT2D eigenvalue weighted by atomic mass is 35.5. The van der Waals surface area contributed by atoms with Crippen molar-refractivity contribution in [3.63, 3.8) is 0 Å². The van der Waals surface area contributed by atoms with Crippen molar-refractivity contribution in [3.05, 3.63) is 28.3 Å². The number of carbonyl (C=O) groups is 2. The standard InChI is InChI=1S/C19H27ClN2O3/c1-4-13-7-8-16(20)15(5-2)17(13)21-19(24)22-11-9-14(10-12-22)18(23)25-6-3/h7-8,14H,4-6,9-12H2,1-3H3,(H,21,24). The number of hydrogen-bond acceptors (Lipinski definition) is 3. The van der Waals surface area contributed by atoms with E-state index in [4.69, 9.17) is 16.3 Å². The van der Waals surface area contributed by atoms with Gasteiger partial charge in [-0.3, -0.25) is 4.79 Å². The molecule has 0 aliphatic carbocycles. The van der Waals surface area contributed by atoms with E-state index >= 15 is 0 Å². The number of likely N-dealkylation sites (tertiary alicyclic amines) is 1. The smallest absolute Gasteiger partial charge is 0.321 e. The highest BCUT2D eigenvalue weighted by Crippen LogP contribution is 2.30. The van der Waals surface area contributed by atoms with Gasteiger partial charge in [-0.15, -0.1) is 0 Å². The number of piperidine rings is 1. The minimum Gasteiger partial charge on any atom is -0.466 e. The minimum atomic E-state index is -0.154. The Balaban J connectivity index is 2.04. The molecule has 0 saturated carbocycles. The molecule has 0 bridgehead atoms. The van der Waals surface area contributed by atoms with Crippen molar-refractivity contribution in [2.24, 2.45) is 5.92 Å². The largest absolute Gasteiger partial charge is 0.466 e. The molecule has 0 radical (unpaired) electrons. The molecule has 1 aliphatic heterocycles. The van der Waals surface area contributed by atoms with E-state index in [1.807, 2.05) is 26.0 Å². The highest BCUT2D eigenvalue weighted by Gasteiger charge is 2.28. The summed E-state index contributed by atoms with van der Waals surface area (Å²) in [7, 11) is 0. The molecule has 1 N–H and O–H groups in total. The van der Waals surface area contributed by atoms with Gasteiger partial charge in [0, 0.05) is 18.1 Å². The first-order valence-corrected chi connectivity index (χ1v) is 9.42. The topological polar surface area (TPSA) is 58.6 Å². The van der Waals surface area contributed by atoms with Gasteiger partial charge in [-0.1, -0.05) is 31.5 Å². The predicted molar refractivity (Wildman–Crippen MR) is 100 cm³/mol. The monoisotopic (exact) mass is 366 g/mol. The normalized spacial score (nSPS) is 15.1. The number of aryl methyl sites for hydroxylation is 1. The van der Waals surface area contributed by atoms with Crippen LogP contribution in [0.1, 0.15) is 44.7 Å². The van der Waals surface area contributed by atoms with Crippen LogP contribution in [-0.2, 0) is 22.4 Å². The molecule has 5 nitrogen and oxygen atoms in total. The highest BCUT2D eigenvalue weighted by molar-refractivity contribution is 6.32. The van der Waals surface area contributed by atoms with Crippen molar-refractivity contribution < 1.29 is 14.3 Å². The lowest BCUT2D eigenvalue weighted by atomic mass is 9.97. The van der Waals surface area contributed by atoms with Crippen LogP contribution in [0.15, 0.2) is 12.1 Å². The number of nitrogens with zero attached hydrogens (tertiary/aromatic N) is 1. The zero-order valence-corrected chi connectivity index (χ0v) is 16.0. The first-order chi connectivity index (χ1) is 12.0. The molecule has 138 valence electrons. The number of rotatable bonds is 5. The molecule has 1 saturated heterocycles. The summed E-state index contributed by atoms with van der Waals surface area (Å²) in [5, 5.41) is 3.72. The molecular formula is C19H27ClN2O3. The maximum absolute atomic E-state index is 12.7. The molecule has 1 aromatic rings. The number of nitrogens with one attached hydrogen (secondary N) is 1. The number of ether oxygens (including phenoxy) is 1. The fraction of sp³-hybridized carbons (Fsp3) is 0.579. The van der Waals surface area contributed by atoms with Crippen LogP contribution in [0.2, 0.25) is 5.02 Å². The van der Waals surface area contributed by atoms with Crippen molar-refractivity contribution in [2.75, 3.05) is 25.0 Å². The summed E-state index contributed by atoms with van der Waals surface area (Å²) in [6, 6.07) is 3.72. The molecule has 1 heterocycles. The minimum absolute atomic E-state index is 0.104. The Kier molecular flexibility index (Phi) is 7.12. The number of benzene rings is 1. The van der Waals surface area contributed by atoms with Gasteiger partial charge in [0.25, 0.3) is 0 Å². The van der Waals surface area contributed by atoms with E-state index in [0.717, 1.165) is 29.7 Å². The van der Waals surface area contributed by atoms with E-state index in [9.17, 15) is 9.59 Å². The lowest BCUT2D eigenvalue weighted by Gasteiger charge is -2.31. The second-order valence-electron chi connectivity index (χ2n) is 6.21. The Morgan fingerprint density at radius 1 is 1.20 bits per heavy atom. The number of hydrogen-bond donors (Lipinski definition) is 1. The number of urea groups is 1. The molecule has 0 aromatic heterocycles. The number of anilines is 1. The molecule has 6 heteroatoms. The van der Waals surface area contributed by atoms with Crippen LogP contribution in [0.25, 0.3) is 0 Å². The fourth-order valence-electron chi connectivity index (χ4n) is 3.23. The summed E-state index contributed by atoms with van der Waals surface area (Å²) < 4.78 is 5.07. The third-order valence-corrected chi connectivity index (χ3v) is 5.06. The Bertz CT molecular complexity index is 625. The van der Waals surface area contributed by atoms with Gasteiger partial charge in [-0.25, -0.2) is 4.79 Å². The van der Waals surface area contributed by atoms with Gasteiger partial charge >= 0.3 is 12.0 Å². The quantitative estimate of drug-likeness (QED) is 0.791. The molecule has 1 fully saturated rings. The van der Waals surface area contributed by atoms with Gasteiger partial charge in [0.05, 0.1) is 18.2 Å².